The number of nitrogens with zero attached hydrogens (tertiary/aromatic N) is 1. The standard InChI is InChI=1S/C14H27N3O2/c1-4-8-16-12(18)9-17(3)14(19)13-10(2)6-5-7-11(13)15/h10-11,13H,4-9,15H2,1-3H3,(H,16,18). The summed E-state index contributed by atoms with van der Waals surface area (Å²) >= 11 is 0. The summed E-state index contributed by atoms with van der Waals surface area (Å²) in [6, 6.07) is -0.0718. The van der Waals surface area contributed by atoms with E-state index in [0.29, 0.717) is 12.5 Å². The van der Waals surface area contributed by atoms with Gasteiger partial charge in [-0.1, -0.05) is 20.3 Å². The van der Waals surface area contributed by atoms with Crippen molar-refractivity contribution in [1.29, 1.82) is 0 Å². The third-order valence-corrected chi connectivity index (χ3v) is 3.89. The first-order chi connectivity index (χ1) is 8.97. The molecule has 3 atom stereocenters. The lowest BCUT2D eigenvalue weighted by atomic mass is 9.76. The third-order valence-electron chi connectivity index (χ3n) is 3.89. The Hall–Kier alpha value is -1.10. The van der Waals surface area contributed by atoms with Gasteiger partial charge in [-0.15, -0.1) is 0 Å². The first kappa shape index (κ1) is 16.0. The zero-order valence-electron chi connectivity index (χ0n) is 12.3. The molecular formula is C14H27N3O2. The molecule has 0 aromatic heterocycles. The van der Waals surface area contributed by atoms with Crippen LogP contribution in [-0.4, -0.2) is 42.9 Å². The van der Waals surface area contributed by atoms with Crippen molar-refractivity contribution in [1.82, 2.24) is 10.2 Å². The minimum atomic E-state index is -0.141. The summed E-state index contributed by atoms with van der Waals surface area (Å²) in [5, 5.41) is 2.78. The monoisotopic (exact) mass is 269 g/mol. The lowest BCUT2D eigenvalue weighted by Gasteiger charge is -2.35. The molecule has 2 amide bonds. The van der Waals surface area contributed by atoms with Gasteiger partial charge in [0.05, 0.1) is 12.5 Å². The second-order valence-electron chi connectivity index (χ2n) is 5.64. The molecule has 110 valence electrons. The van der Waals surface area contributed by atoms with Gasteiger partial charge in [0.15, 0.2) is 0 Å². The number of hydrogen-bond acceptors (Lipinski definition) is 3. The van der Waals surface area contributed by atoms with Crippen molar-refractivity contribution in [2.75, 3.05) is 20.1 Å². The topological polar surface area (TPSA) is 75.4 Å². The van der Waals surface area contributed by atoms with Crippen LogP contribution in [0.25, 0.3) is 0 Å². The summed E-state index contributed by atoms with van der Waals surface area (Å²) in [6.45, 7) is 4.85. The van der Waals surface area contributed by atoms with E-state index in [9.17, 15) is 9.59 Å². The Labute approximate surface area is 115 Å². The Kier molecular flexibility index (Phi) is 6.28. The van der Waals surface area contributed by atoms with Crippen LogP contribution in [0.4, 0.5) is 0 Å². The van der Waals surface area contributed by atoms with Crippen LogP contribution in [-0.2, 0) is 9.59 Å². The summed E-state index contributed by atoms with van der Waals surface area (Å²) < 4.78 is 0. The fourth-order valence-corrected chi connectivity index (χ4v) is 2.75. The summed E-state index contributed by atoms with van der Waals surface area (Å²) in [5.41, 5.74) is 6.07. The molecule has 5 heteroatoms. The summed E-state index contributed by atoms with van der Waals surface area (Å²) in [6.07, 6.45) is 3.93. The molecule has 1 rings (SSSR count). The second-order valence-corrected chi connectivity index (χ2v) is 5.64. The summed E-state index contributed by atoms with van der Waals surface area (Å²) in [5.74, 6) is 0.0659. The Morgan fingerprint density at radius 3 is 2.63 bits per heavy atom. The Morgan fingerprint density at radius 1 is 1.37 bits per heavy atom. The fourth-order valence-electron chi connectivity index (χ4n) is 2.75. The molecule has 0 aromatic carbocycles. The van der Waals surface area contributed by atoms with E-state index in [4.69, 9.17) is 5.73 Å². The molecule has 19 heavy (non-hydrogen) atoms. The zero-order valence-corrected chi connectivity index (χ0v) is 12.3. The van der Waals surface area contributed by atoms with E-state index in [1.165, 1.54) is 4.90 Å². The molecule has 0 aromatic rings. The number of carbonyl (C=O) groups excluding carboxylic acids is 2. The lowest BCUT2D eigenvalue weighted by Crippen LogP contribution is -2.49. The number of likely N-dealkylation sites (N-methyl/N-ethyl adjacent to an activating group) is 1. The van der Waals surface area contributed by atoms with Crippen LogP contribution in [0.2, 0.25) is 0 Å². The Balaban J connectivity index is 2.53. The van der Waals surface area contributed by atoms with Gasteiger partial charge in [-0.2, -0.15) is 0 Å². The van der Waals surface area contributed by atoms with Crippen molar-refractivity contribution in [3.63, 3.8) is 0 Å². The van der Waals surface area contributed by atoms with Crippen LogP contribution in [0.3, 0.4) is 0 Å². The minimum absolute atomic E-state index is 0.00588. The van der Waals surface area contributed by atoms with Crippen molar-refractivity contribution < 1.29 is 9.59 Å². The van der Waals surface area contributed by atoms with Gasteiger partial charge < -0.3 is 16.0 Å². The van der Waals surface area contributed by atoms with Crippen LogP contribution in [0.5, 0.6) is 0 Å². The van der Waals surface area contributed by atoms with Crippen molar-refractivity contribution in [3.8, 4) is 0 Å². The number of nitrogens with one attached hydrogen (secondary N) is 1. The molecule has 0 aliphatic heterocycles. The van der Waals surface area contributed by atoms with Crippen LogP contribution in [0.1, 0.15) is 39.5 Å². The fraction of sp³-hybridized carbons (Fsp3) is 0.857. The Bertz CT molecular complexity index is 310. The second kappa shape index (κ2) is 7.48. The SMILES string of the molecule is CCCNC(=O)CN(C)C(=O)C1C(C)CCCC1N. The molecule has 1 saturated carbocycles. The van der Waals surface area contributed by atoms with E-state index < -0.39 is 0 Å². The van der Waals surface area contributed by atoms with E-state index in [-0.39, 0.29) is 30.3 Å². The van der Waals surface area contributed by atoms with Crippen molar-refractivity contribution >= 4 is 11.8 Å². The molecule has 0 heterocycles. The number of hydrogen-bond donors (Lipinski definition) is 2. The van der Waals surface area contributed by atoms with Gasteiger partial charge in [-0.3, -0.25) is 9.59 Å². The molecule has 1 aliphatic rings. The van der Waals surface area contributed by atoms with Gasteiger partial charge in [-0.25, -0.2) is 0 Å². The molecule has 0 radical (unpaired) electrons. The van der Waals surface area contributed by atoms with Crippen LogP contribution in [0.15, 0.2) is 0 Å². The van der Waals surface area contributed by atoms with E-state index in [0.717, 1.165) is 25.7 Å². The molecule has 3 unspecified atom stereocenters. The highest BCUT2D eigenvalue weighted by Crippen LogP contribution is 2.30. The quantitative estimate of drug-likeness (QED) is 0.773. The molecule has 5 nitrogen and oxygen atoms in total. The van der Waals surface area contributed by atoms with Crippen molar-refractivity contribution in [2.24, 2.45) is 17.6 Å². The average Bonchev–Trinajstić information content (AvgIpc) is 2.35. The number of nitrogens with two attached hydrogens (primary N) is 1. The third kappa shape index (κ3) is 4.49. The number of rotatable bonds is 5. The van der Waals surface area contributed by atoms with E-state index in [1.807, 2.05) is 6.92 Å². The highest BCUT2D eigenvalue weighted by molar-refractivity contribution is 5.86. The molecule has 1 aliphatic carbocycles. The predicted molar refractivity (Wildman–Crippen MR) is 75.4 cm³/mol. The van der Waals surface area contributed by atoms with Gasteiger partial charge in [0.25, 0.3) is 0 Å². The highest BCUT2D eigenvalue weighted by Gasteiger charge is 2.35. The average molecular weight is 269 g/mol. The van der Waals surface area contributed by atoms with Crippen molar-refractivity contribution in [2.45, 2.75) is 45.6 Å². The van der Waals surface area contributed by atoms with Gasteiger partial charge in [0, 0.05) is 19.6 Å². The van der Waals surface area contributed by atoms with Crippen LogP contribution < -0.4 is 11.1 Å². The summed E-state index contributed by atoms with van der Waals surface area (Å²) in [4.78, 5) is 25.5. The molecule has 0 bridgehead atoms. The van der Waals surface area contributed by atoms with Crippen molar-refractivity contribution in [3.05, 3.63) is 0 Å². The van der Waals surface area contributed by atoms with Gasteiger partial charge in [-0.05, 0) is 25.2 Å². The van der Waals surface area contributed by atoms with E-state index in [2.05, 4.69) is 12.2 Å². The lowest BCUT2D eigenvalue weighted by molar-refractivity contribution is -0.140. The van der Waals surface area contributed by atoms with E-state index in [1.54, 1.807) is 7.05 Å². The largest absolute Gasteiger partial charge is 0.355 e. The van der Waals surface area contributed by atoms with E-state index >= 15 is 0 Å². The Morgan fingerprint density at radius 2 is 2.05 bits per heavy atom. The maximum Gasteiger partial charge on any atom is 0.239 e. The van der Waals surface area contributed by atoms with Gasteiger partial charge in [0.2, 0.25) is 11.8 Å². The highest BCUT2D eigenvalue weighted by atomic mass is 16.2. The first-order valence-corrected chi connectivity index (χ1v) is 7.24. The van der Waals surface area contributed by atoms with Gasteiger partial charge in [0.1, 0.15) is 0 Å². The van der Waals surface area contributed by atoms with Gasteiger partial charge >= 0.3 is 0 Å². The van der Waals surface area contributed by atoms with Crippen LogP contribution >= 0.6 is 0 Å². The number of carbonyl (C=O) groups is 2. The zero-order chi connectivity index (χ0) is 14.4. The number of amides is 2. The maximum atomic E-state index is 12.4. The van der Waals surface area contributed by atoms with Crippen LogP contribution in [0, 0.1) is 11.8 Å². The summed E-state index contributed by atoms with van der Waals surface area (Å²) in [7, 11) is 1.68. The molecule has 3 N–H and O–H groups in total. The molecule has 0 saturated heterocycles. The molecule has 1 fully saturated rings. The minimum Gasteiger partial charge on any atom is -0.355 e. The smallest absolute Gasteiger partial charge is 0.239 e. The first-order valence-electron chi connectivity index (χ1n) is 7.24. The maximum absolute atomic E-state index is 12.4. The molecule has 0 spiro atoms. The normalized spacial score (nSPS) is 26.8. The predicted octanol–water partition coefficient (Wildman–Crippen LogP) is 0.735. The molecular weight excluding hydrogens is 242 g/mol.